The first kappa shape index (κ1) is 18.8. The Morgan fingerprint density at radius 3 is 2.44 bits per heavy atom. The van der Waals surface area contributed by atoms with Crippen LogP contribution in [0.25, 0.3) is 22.4 Å². The summed E-state index contributed by atoms with van der Waals surface area (Å²) in [5.74, 6) is 1.12. The number of halogens is 2. The van der Waals surface area contributed by atoms with Gasteiger partial charge in [0.05, 0.1) is 24.9 Å². The van der Waals surface area contributed by atoms with Gasteiger partial charge in [-0.3, -0.25) is 0 Å². The van der Waals surface area contributed by atoms with Crippen molar-refractivity contribution in [2.24, 2.45) is 0 Å². The van der Waals surface area contributed by atoms with Crippen LogP contribution in [0.5, 0.6) is 11.5 Å². The van der Waals surface area contributed by atoms with Crippen LogP contribution in [-0.2, 0) is 0 Å². The van der Waals surface area contributed by atoms with Crippen LogP contribution in [0.4, 0.5) is 5.82 Å². The molecule has 5 nitrogen and oxygen atoms in total. The number of methoxy groups -OCH3 is 2. The molecule has 0 saturated heterocycles. The maximum Gasteiger partial charge on any atom is 0.168 e. The van der Waals surface area contributed by atoms with Gasteiger partial charge in [0, 0.05) is 21.7 Å². The Hall–Kier alpha value is -2.94. The fourth-order valence-corrected chi connectivity index (χ4v) is 3.21. The summed E-state index contributed by atoms with van der Waals surface area (Å²) >= 11 is 12.4. The molecule has 0 unspecified atom stereocenters. The van der Waals surface area contributed by atoms with E-state index < -0.39 is 0 Å². The molecule has 0 bridgehead atoms. The van der Waals surface area contributed by atoms with Gasteiger partial charge in [-0.25, -0.2) is 4.98 Å². The Labute approximate surface area is 166 Å². The summed E-state index contributed by atoms with van der Waals surface area (Å²) < 4.78 is 10.9. The minimum Gasteiger partial charge on any atom is -0.493 e. The zero-order chi connectivity index (χ0) is 19.6. The molecule has 0 aliphatic rings. The summed E-state index contributed by atoms with van der Waals surface area (Å²) in [6.45, 7) is 0. The zero-order valence-electron chi connectivity index (χ0n) is 14.6. The van der Waals surface area contributed by atoms with E-state index in [0.717, 1.165) is 0 Å². The Kier molecular flexibility index (Phi) is 5.41. The molecule has 0 atom stereocenters. The average Bonchev–Trinajstić information content (AvgIpc) is 2.68. The van der Waals surface area contributed by atoms with E-state index in [4.69, 9.17) is 38.4 Å². The van der Waals surface area contributed by atoms with Crippen molar-refractivity contribution in [3.05, 3.63) is 58.1 Å². The second-order valence-corrected chi connectivity index (χ2v) is 6.44. The molecule has 0 aliphatic carbocycles. The van der Waals surface area contributed by atoms with Gasteiger partial charge < -0.3 is 15.2 Å². The third kappa shape index (κ3) is 3.50. The predicted octanol–water partition coefficient (Wildman–Crippen LogP) is 5.19. The van der Waals surface area contributed by atoms with Crippen molar-refractivity contribution in [3.63, 3.8) is 0 Å². The van der Waals surface area contributed by atoms with E-state index in [1.54, 1.807) is 43.5 Å². The summed E-state index contributed by atoms with van der Waals surface area (Å²) in [4.78, 5) is 4.34. The molecule has 0 amide bonds. The van der Waals surface area contributed by atoms with Crippen molar-refractivity contribution in [3.8, 4) is 40.0 Å². The summed E-state index contributed by atoms with van der Waals surface area (Å²) in [5.41, 5.74) is 8.64. The number of benzene rings is 2. The molecule has 2 aromatic carbocycles. The normalized spacial score (nSPS) is 10.3. The van der Waals surface area contributed by atoms with E-state index in [9.17, 15) is 5.26 Å². The van der Waals surface area contributed by atoms with E-state index in [1.165, 1.54) is 7.11 Å². The maximum atomic E-state index is 9.62. The van der Waals surface area contributed by atoms with Gasteiger partial charge in [-0.1, -0.05) is 35.3 Å². The highest BCUT2D eigenvalue weighted by atomic mass is 35.5. The Bertz CT molecular complexity index is 1060. The average molecular weight is 400 g/mol. The van der Waals surface area contributed by atoms with E-state index in [2.05, 4.69) is 11.1 Å². The van der Waals surface area contributed by atoms with E-state index in [-0.39, 0.29) is 11.4 Å². The third-order valence-electron chi connectivity index (χ3n) is 4.06. The molecule has 0 spiro atoms. The molecular weight excluding hydrogens is 385 g/mol. The number of anilines is 1. The number of ether oxygens (including phenoxy) is 2. The number of para-hydroxylation sites is 1. The van der Waals surface area contributed by atoms with Crippen molar-refractivity contribution in [1.29, 1.82) is 5.26 Å². The summed E-state index contributed by atoms with van der Waals surface area (Å²) in [6.07, 6.45) is 0. The van der Waals surface area contributed by atoms with Gasteiger partial charge in [0.15, 0.2) is 11.5 Å². The molecule has 1 aromatic heterocycles. The van der Waals surface area contributed by atoms with Gasteiger partial charge in [0.2, 0.25) is 0 Å². The number of nitrogens with zero attached hydrogens (tertiary/aromatic N) is 2. The number of nitrogens with two attached hydrogens (primary N) is 1. The molecule has 1 heterocycles. The molecular formula is C20H15Cl2N3O2. The summed E-state index contributed by atoms with van der Waals surface area (Å²) in [7, 11) is 3.08. The number of rotatable bonds is 4. The minimum absolute atomic E-state index is 0.0888. The van der Waals surface area contributed by atoms with E-state index >= 15 is 0 Å². The highest BCUT2D eigenvalue weighted by molar-refractivity contribution is 6.35. The Balaban J connectivity index is 2.33. The smallest absolute Gasteiger partial charge is 0.168 e. The lowest BCUT2D eigenvalue weighted by Crippen LogP contribution is -2.01. The van der Waals surface area contributed by atoms with Gasteiger partial charge in [-0.05, 0) is 30.3 Å². The molecule has 0 fully saturated rings. The van der Waals surface area contributed by atoms with Crippen LogP contribution in [0, 0.1) is 11.3 Å². The van der Waals surface area contributed by atoms with Gasteiger partial charge in [-0.2, -0.15) is 5.26 Å². The van der Waals surface area contributed by atoms with Crippen molar-refractivity contribution < 1.29 is 9.47 Å². The van der Waals surface area contributed by atoms with Crippen LogP contribution in [0.1, 0.15) is 5.56 Å². The topological polar surface area (TPSA) is 81.2 Å². The van der Waals surface area contributed by atoms with Crippen molar-refractivity contribution in [2.75, 3.05) is 20.0 Å². The molecule has 0 aliphatic heterocycles. The quantitative estimate of drug-likeness (QED) is 0.652. The monoisotopic (exact) mass is 399 g/mol. The van der Waals surface area contributed by atoms with Crippen LogP contribution < -0.4 is 15.2 Å². The van der Waals surface area contributed by atoms with Gasteiger partial charge >= 0.3 is 0 Å². The Morgan fingerprint density at radius 1 is 1.00 bits per heavy atom. The summed E-state index contributed by atoms with van der Waals surface area (Å²) in [6, 6.07) is 14.3. The van der Waals surface area contributed by atoms with E-state index in [1.807, 2.05) is 6.07 Å². The van der Waals surface area contributed by atoms with Gasteiger partial charge in [0.25, 0.3) is 0 Å². The number of nitriles is 1. The number of hydrogen-bond donors (Lipinski definition) is 1. The second-order valence-electron chi connectivity index (χ2n) is 5.59. The first-order valence-electron chi connectivity index (χ1n) is 7.87. The highest BCUT2D eigenvalue weighted by Crippen LogP contribution is 2.42. The maximum absolute atomic E-state index is 9.62. The first-order valence-corrected chi connectivity index (χ1v) is 8.63. The fraction of sp³-hybridized carbons (Fsp3) is 0.100. The first-order chi connectivity index (χ1) is 13.0. The lowest BCUT2D eigenvalue weighted by molar-refractivity contribution is 0.356. The van der Waals surface area contributed by atoms with Gasteiger partial charge in [-0.15, -0.1) is 0 Å². The molecule has 3 aromatic rings. The SMILES string of the molecule is COc1cccc(-c2cc(-c3cc(Cl)ccc3Cl)nc(N)c2C#N)c1OC. The third-order valence-corrected chi connectivity index (χ3v) is 4.62. The van der Waals surface area contributed by atoms with E-state index in [0.29, 0.717) is 43.9 Å². The largest absolute Gasteiger partial charge is 0.493 e. The van der Waals surface area contributed by atoms with Crippen LogP contribution in [0.3, 0.4) is 0 Å². The van der Waals surface area contributed by atoms with Crippen LogP contribution >= 0.6 is 23.2 Å². The highest BCUT2D eigenvalue weighted by Gasteiger charge is 2.19. The number of nitrogen functional groups attached to an aromatic ring is 1. The number of aromatic nitrogens is 1. The molecule has 7 heteroatoms. The second kappa shape index (κ2) is 7.75. The van der Waals surface area contributed by atoms with Crippen LogP contribution in [0.2, 0.25) is 10.0 Å². The molecule has 0 radical (unpaired) electrons. The van der Waals surface area contributed by atoms with Crippen LogP contribution in [-0.4, -0.2) is 19.2 Å². The Morgan fingerprint density at radius 2 is 1.78 bits per heavy atom. The van der Waals surface area contributed by atoms with Crippen molar-refractivity contribution in [1.82, 2.24) is 4.98 Å². The van der Waals surface area contributed by atoms with Gasteiger partial charge in [0.1, 0.15) is 17.5 Å². The van der Waals surface area contributed by atoms with Crippen LogP contribution in [0.15, 0.2) is 42.5 Å². The zero-order valence-corrected chi connectivity index (χ0v) is 16.1. The fourth-order valence-electron chi connectivity index (χ4n) is 2.83. The molecule has 136 valence electrons. The van der Waals surface area contributed by atoms with Crippen molar-refractivity contribution in [2.45, 2.75) is 0 Å². The van der Waals surface area contributed by atoms with Crippen molar-refractivity contribution >= 4 is 29.0 Å². The minimum atomic E-state index is 0.0888. The predicted molar refractivity (Wildman–Crippen MR) is 107 cm³/mol. The number of hydrogen-bond acceptors (Lipinski definition) is 5. The standard InChI is InChI=1S/C20H15Cl2N3O2/c1-26-18-5-3-4-12(19(18)27-2)13-9-17(25-20(24)15(13)10-23)14-8-11(21)6-7-16(14)22/h3-9H,1-2H3,(H2,24,25). The lowest BCUT2D eigenvalue weighted by atomic mass is 9.97. The molecule has 2 N–H and O–H groups in total. The number of pyridine rings is 1. The molecule has 0 saturated carbocycles. The summed E-state index contributed by atoms with van der Waals surface area (Å²) in [5, 5.41) is 10.6. The molecule has 27 heavy (non-hydrogen) atoms. The lowest BCUT2D eigenvalue weighted by Gasteiger charge is -2.15. The molecule has 3 rings (SSSR count).